The van der Waals surface area contributed by atoms with Gasteiger partial charge in [0, 0.05) is 6.20 Å². The molecule has 0 bridgehead atoms. The van der Waals surface area contributed by atoms with Gasteiger partial charge in [0.15, 0.2) is 0 Å². The Labute approximate surface area is 125 Å². The Kier molecular flexibility index (Phi) is 4.57. The lowest BCUT2D eigenvalue weighted by atomic mass is 10.1. The van der Waals surface area contributed by atoms with Gasteiger partial charge in [0.05, 0.1) is 22.2 Å². The third-order valence-corrected chi connectivity index (χ3v) is 3.14. The third kappa shape index (κ3) is 3.47. The van der Waals surface area contributed by atoms with Crippen molar-refractivity contribution in [1.29, 1.82) is 5.26 Å². The van der Waals surface area contributed by atoms with E-state index in [1.54, 1.807) is 24.3 Å². The fourth-order valence-electron chi connectivity index (χ4n) is 1.50. The second-order valence-corrected chi connectivity index (χ2v) is 4.65. The first-order valence-corrected chi connectivity index (χ1v) is 6.33. The molecule has 20 heavy (non-hydrogen) atoms. The topological polar surface area (TPSA) is 63.0 Å². The van der Waals surface area contributed by atoms with E-state index in [-0.39, 0.29) is 22.3 Å². The van der Waals surface area contributed by atoms with Crippen molar-refractivity contribution in [3.8, 4) is 6.07 Å². The Balaban J connectivity index is 2.05. The maximum absolute atomic E-state index is 11.8. The number of nitrogens with zero attached hydrogens (tertiary/aromatic N) is 2. The van der Waals surface area contributed by atoms with Gasteiger partial charge in [-0.25, -0.2) is 9.78 Å². The van der Waals surface area contributed by atoms with E-state index in [2.05, 4.69) is 4.98 Å². The number of esters is 1. The highest BCUT2D eigenvalue weighted by Gasteiger charge is 2.10. The molecule has 1 aromatic heterocycles. The minimum absolute atomic E-state index is 0.0641. The molecule has 0 radical (unpaired) electrons. The number of hydrogen-bond donors (Lipinski definition) is 0. The van der Waals surface area contributed by atoms with Crippen LogP contribution in [0.15, 0.2) is 36.5 Å². The SMILES string of the molecule is N#Cc1cccc(COC(=O)c2cnc(Cl)c(Cl)c2)c1. The van der Waals surface area contributed by atoms with Crippen LogP contribution >= 0.6 is 23.2 Å². The minimum atomic E-state index is -0.557. The van der Waals surface area contributed by atoms with E-state index in [9.17, 15) is 4.79 Å². The molecule has 4 nitrogen and oxygen atoms in total. The van der Waals surface area contributed by atoms with Gasteiger partial charge >= 0.3 is 5.97 Å². The van der Waals surface area contributed by atoms with Gasteiger partial charge in [-0.05, 0) is 23.8 Å². The normalized spacial score (nSPS) is 9.85. The summed E-state index contributed by atoms with van der Waals surface area (Å²) in [7, 11) is 0. The lowest BCUT2D eigenvalue weighted by Gasteiger charge is -2.05. The van der Waals surface area contributed by atoms with Crippen molar-refractivity contribution in [2.75, 3.05) is 0 Å². The molecule has 1 heterocycles. The van der Waals surface area contributed by atoms with Gasteiger partial charge in [0.1, 0.15) is 11.8 Å². The van der Waals surface area contributed by atoms with E-state index >= 15 is 0 Å². The summed E-state index contributed by atoms with van der Waals surface area (Å²) >= 11 is 11.4. The molecule has 0 unspecified atom stereocenters. The summed E-state index contributed by atoms with van der Waals surface area (Å²) in [6.07, 6.45) is 1.29. The van der Waals surface area contributed by atoms with E-state index in [0.717, 1.165) is 5.56 Å². The highest BCUT2D eigenvalue weighted by Crippen LogP contribution is 2.20. The van der Waals surface area contributed by atoms with Crippen molar-refractivity contribution >= 4 is 29.2 Å². The monoisotopic (exact) mass is 306 g/mol. The number of aromatic nitrogens is 1. The van der Waals surface area contributed by atoms with Gasteiger partial charge in [-0.15, -0.1) is 0 Å². The Morgan fingerprint density at radius 1 is 1.35 bits per heavy atom. The number of carbonyl (C=O) groups is 1. The Hall–Kier alpha value is -2.09. The zero-order valence-electron chi connectivity index (χ0n) is 10.1. The van der Waals surface area contributed by atoms with Gasteiger partial charge in [-0.3, -0.25) is 0 Å². The molecule has 0 amide bonds. The number of nitriles is 1. The van der Waals surface area contributed by atoms with Gasteiger partial charge in [-0.2, -0.15) is 5.26 Å². The molecular formula is C14H8Cl2N2O2. The Bertz CT molecular complexity index is 696. The average molecular weight is 307 g/mol. The molecule has 2 rings (SSSR count). The van der Waals surface area contributed by atoms with Crippen molar-refractivity contribution in [3.63, 3.8) is 0 Å². The van der Waals surface area contributed by atoms with Gasteiger partial charge in [0.2, 0.25) is 0 Å². The van der Waals surface area contributed by atoms with Gasteiger partial charge in [0.25, 0.3) is 0 Å². The molecule has 0 atom stereocenters. The summed E-state index contributed by atoms with van der Waals surface area (Å²) < 4.78 is 5.12. The standard InChI is InChI=1S/C14H8Cl2N2O2/c15-12-5-11(7-18-13(12)16)14(19)20-8-10-3-1-2-9(4-10)6-17/h1-5,7H,8H2. The number of halogens is 2. The van der Waals surface area contributed by atoms with E-state index in [0.29, 0.717) is 5.56 Å². The predicted molar refractivity (Wildman–Crippen MR) is 74.5 cm³/mol. The number of carbonyl (C=O) groups excluding carboxylic acids is 1. The van der Waals surface area contributed by atoms with E-state index in [1.165, 1.54) is 12.3 Å². The molecule has 0 saturated carbocycles. The second kappa shape index (κ2) is 6.38. The van der Waals surface area contributed by atoms with Crippen LogP contribution in [0.3, 0.4) is 0 Å². The van der Waals surface area contributed by atoms with E-state index in [4.69, 9.17) is 33.2 Å². The molecule has 0 N–H and O–H groups in total. The first-order chi connectivity index (χ1) is 9.60. The fraction of sp³-hybridized carbons (Fsp3) is 0.0714. The molecule has 2 aromatic rings. The molecule has 0 aliphatic rings. The first kappa shape index (κ1) is 14.3. The predicted octanol–water partition coefficient (Wildman–Crippen LogP) is 3.62. The molecular weight excluding hydrogens is 299 g/mol. The molecule has 0 aliphatic carbocycles. The van der Waals surface area contributed by atoms with Crippen LogP contribution in [0.2, 0.25) is 10.2 Å². The number of hydrogen-bond acceptors (Lipinski definition) is 4. The van der Waals surface area contributed by atoms with Crippen LogP contribution < -0.4 is 0 Å². The van der Waals surface area contributed by atoms with Gasteiger partial charge < -0.3 is 4.74 Å². The summed E-state index contributed by atoms with van der Waals surface area (Å²) in [5, 5.41) is 9.10. The van der Waals surface area contributed by atoms with Crippen LogP contribution in [0.25, 0.3) is 0 Å². The molecule has 6 heteroatoms. The van der Waals surface area contributed by atoms with Crippen LogP contribution in [0.5, 0.6) is 0 Å². The number of rotatable bonds is 3. The fourth-order valence-corrected chi connectivity index (χ4v) is 1.77. The average Bonchev–Trinajstić information content (AvgIpc) is 2.47. The van der Waals surface area contributed by atoms with Crippen molar-refractivity contribution in [3.05, 3.63) is 63.4 Å². The molecule has 0 saturated heterocycles. The molecule has 0 aliphatic heterocycles. The maximum Gasteiger partial charge on any atom is 0.340 e. The van der Waals surface area contributed by atoms with Crippen LogP contribution in [0.1, 0.15) is 21.5 Å². The summed E-state index contributed by atoms with van der Waals surface area (Å²) in [5.74, 6) is -0.557. The largest absolute Gasteiger partial charge is 0.457 e. The van der Waals surface area contributed by atoms with Crippen LogP contribution in [0, 0.1) is 11.3 Å². The molecule has 1 aromatic carbocycles. The smallest absolute Gasteiger partial charge is 0.340 e. The molecule has 100 valence electrons. The maximum atomic E-state index is 11.8. The zero-order chi connectivity index (χ0) is 14.5. The van der Waals surface area contributed by atoms with Crippen molar-refractivity contribution in [2.24, 2.45) is 0 Å². The molecule has 0 fully saturated rings. The van der Waals surface area contributed by atoms with Crippen LogP contribution in [-0.4, -0.2) is 11.0 Å². The highest BCUT2D eigenvalue weighted by atomic mass is 35.5. The van der Waals surface area contributed by atoms with E-state index < -0.39 is 5.97 Å². The van der Waals surface area contributed by atoms with Crippen LogP contribution in [0.4, 0.5) is 0 Å². The van der Waals surface area contributed by atoms with Crippen LogP contribution in [-0.2, 0) is 11.3 Å². The Morgan fingerprint density at radius 3 is 2.85 bits per heavy atom. The second-order valence-electron chi connectivity index (χ2n) is 3.88. The highest BCUT2D eigenvalue weighted by molar-refractivity contribution is 6.41. The quantitative estimate of drug-likeness (QED) is 0.642. The summed E-state index contributed by atoms with van der Waals surface area (Å²) in [4.78, 5) is 15.6. The van der Waals surface area contributed by atoms with Gasteiger partial charge in [-0.1, -0.05) is 35.3 Å². The lowest BCUT2D eigenvalue weighted by molar-refractivity contribution is 0.0472. The number of ether oxygens (including phenoxy) is 1. The number of pyridine rings is 1. The van der Waals surface area contributed by atoms with Crippen molar-refractivity contribution in [2.45, 2.75) is 6.61 Å². The molecule has 0 spiro atoms. The summed E-state index contributed by atoms with van der Waals surface area (Å²) in [6.45, 7) is 0.0641. The third-order valence-electron chi connectivity index (χ3n) is 2.46. The lowest BCUT2D eigenvalue weighted by Crippen LogP contribution is -2.06. The summed E-state index contributed by atoms with van der Waals surface area (Å²) in [5.41, 5.74) is 1.45. The first-order valence-electron chi connectivity index (χ1n) is 5.57. The Morgan fingerprint density at radius 2 is 2.15 bits per heavy atom. The number of benzene rings is 1. The van der Waals surface area contributed by atoms with Crippen molar-refractivity contribution < 1.29 is 9.53 Å². The zero-order valence-corrected chi connectivity index (χ0v) is 11.6. The van der Waals surface area contributed by atoms with E-state index in [1.807, 2.05) is 6.07 Å². The van der Waals surface area contributed by atoms with Crippen molar-refractivity contribution in [1.82, 2.24) is 4.98 Å². The summed E-state index contributed by atoms with van der Waals surface area (Å²) in [6, 6.07) is 10.2. The minimum Gasteiger partial charge on any atom is -0.457 e.